The van der Waals surface area contributed by atoms with Gasteiger partial charge < -0.3 is 10.1 Å². The summed E-state index contributed by atoms with van der Waals surface area (Å²) in [7, 11) is 1.49. The zero-order valence-electron chi connectivity index (χ0n) is 10.0. The van der Waals surface area contributed by atoms with Crippen LogP contribution in [0.1, 0.15) is 18.4 Å². The highest BCUT2D eigenvalue weighted by atomic mass is 35.5. The summed E-state index contributed by atoms with van der Waals surface area (Å²) in [5.74, 6) is 0.704. The SMILES string of the molecule is COc1ccc(C[C@H]2CCCNC2)cc1F.Cl. The van der Waals surface area contributed by atoms with Crippen molar-refractivity contribution in [1.29, 1.82) is 0 Å². The molecule has 2 rings (SSSR count). The van der Waals surface area contributed by atoms with Crippen LogP contribution in [0.15, 0.2) is 18.2 Å². The molecule has 0 spiro atoms. The van der Waals surface area contributed by atoms with Gasteiger partial charge in [-0.3, -0.25) is 0 Å². The fourth-order valence-electron chi connectivity index (χ4n) is 2.27. The van der Waals surface area contributed by atoms with Crippen molar-refractivity contribution in [3.05, 3.63) is 29.6 Å². The van der Waals surface area contributed by atoms with Crippen molar-refractivity contribution in [3.8, 4) is 5.75 Å². The van der Waals surface area contributed by atoms with Crippen LogP contribution in [0.2, 0.25) is 0 Å². The molecule has 0 bridgehead atoms. The maximum Gasteiger partial charge on any atom is 0.165 e. The van der Waals surface area contributed by atoms with E-state index in [0.717, 1.165) is 25.1 Å². The second-order valence-electron chi connectivity index (χ2n) is 4.39. The third kappa shape index (κ3) is 3.86. The van der Waals surface area contributed by atoms with Gasteiger partial charge in [0, 0.05) is 0 Å². The highest BCUT2D eigenvalue weighted by molar-refractivity contribution is 5.85. The highest BCUT2D eigenvalue weighted by Crippen LogP contribution is 2.21. The van der Waals surface area contributed by atoms with E-state index < -0.39 is 0 Å². The molecule has 0 radical (unpaired) electrons. The largest absolute Gasteiger partial charge is 0.494 e. The summed E-state index contributed by atoms with van der Waals surface area (Å²) in [6, 6.07) is 5.25. The number of benzene rings is 1. The molecule has 96 valence electrons. The van der Waals surface area contributed by atoms with Gasteiger partial charge in [-0.05, 0) is 56.0 Å². The van der Waals surface area contributed by atoms with E-state index in [2.05, 4.69) is 5.32 Å². The summed E-state index contributed by atoms with van der Waals surface area (Å²) >= 11 is 0. The van der Waals surface area contributed by atoms with Gasteiger partial charge >= 0.3 is 0 Å². The van der Waals surface area contributed by atoms with E-state index in [1.165, 1.54) is 20.0 Å². The van der Waals surface area contributed by atoms with Crippen molar-refractivity contribution in [3.63, 3.8) is 0 Å². The first kappa shape index (κ1) is 14.3. The molecule has 0 unspecified atom stereocenters. The van der Waals surface area contributed by atoms with Crippen molar-refractivity contribution in [1.82, 2.24) is 5.32 Å². The number of ether oxygens (including phenoxy) is 1. The fourth-order valence-corrected chi connectivity index (χ4v) is 2.27. The average Bonchev–Trinajstić information content (AvgIpc) is 2.31. The van der Waals surface area contributed by atoms with Crippen LogP contribution in [0.4, 0.5) is 4.39 Å². The first-order chi connectivity index (χ1) is 7.79. The molecule has 4 heteroatoms. The summed E-state index contributed by atoms with van der Waals surface area (Å²) in [5, 5.41) is 3.37. The number of piperidine rings is 1. The Hall–Kier alpha value is -0.800. The lowest BCUT2D eigenvalue weighted by Gasteiger charge is -2.22. The summed E-state index contributed by atoms with van der Waals surface area (Å²) in [6.45, 7) is 2.17. The lowest BCUT2D eigenvalue weighted by Crippen LogP contribution is -2.30. The average molecular weight is 260 g/mol. The maximum absolute atomic E-state index is 13.5. The summed E-state index contributed by atoms with van der Waals surface area (Å²) in [4.78, 5) is 0. The molecule has 1 aromatic carbocycles. The molecule has 1 N–H and O–H groups in total. The Morgan fingerprint density at radius 3 is 2.88 bits per heavy atom. The van der Waals surface area contributed by atoms with E-state index in [4.69, 9.17) is 4.74 Å². The van der Waals surface area contributed by atoms with Crippen LogP contribution in [-0.2, 0) is 6.42 Å². The second-order valence-corrected chi connectivity index (χ2v) is 4.39. The van der Waals surface area contributed by atoms with E-state index in [1.807, 2.05) is 6.07 Å². The fraction of sp³-hybridized carbons (Fsp3) is 0.538. The Labute approximate surface area is 108 Å². The number of nitrogens with one attached hydrogen (secondary N) is 1. The molecule has 1 aliphatic rings. The minimum atomic E-state index is -0.260. The van der Waals surface area contributed by atoms with Crippen molar-refractivity contribution < 1.29 is 9.13 Å². The van der Waals surface area contributed by atoms with Gasteiger partial charge in [-0.25, -0.2) is 4.39 Å². The molecule has 0 aromatic heterocycles. The summed E-state index contributed by atoms with van der Waals surface area (Å²) in [5.41, 5.74) is 1.06. The van der Waals surface area contributed by atoms with Crippen LogP contribution in [0.3, 0.4) is 0 Å². The molecule has 1 aliphatic heterocycles. The van der Waals surface area contributed by atoms with Gasteiger partial charge in [0.05, 0.1) is 7.11 Å². The predicted octanol–water partition coefficient (Wildman–Crippen LogP) is 2.80. The van der Waals surface area contributed by atoms with Crippen molar-refractivity contribution in [2.75, 3.05) is 20.2 Å². The zero-order valence-corrected chi connectivity index (χ0v) is 10.9. The second kappa shape index (κ2) is 6.82. The molecular weight excluding hydrogens is 241 g/mol. The van der Waals surface area contributed by atoms with E-state index in [-0.39, 0.29) is 18.2 Å². The third-order valence-electron chi connectivity index (χ3n) is 3.14. The van der Waals surface area contributed by atoms with Crippen LogP contribution in [0.25, 0.3) is 0 Å². The van der Waals surface area contributed by atoms with E-state index >= 15 is 0 Å². The standard InChI is InChI=1S/C13H18FNO.ClH/c1-16-13-5-4-10(8-12(13)14)7-11-3-2-6-15-9-11;/h4-5,8,11,15H,2-3,6-7,9H2,1H3;1H/t11-;/m1./s1. The van der Waals surface area contributed by atoms with Crippen molar-refractivity contribution >= 4 is 12.4 Å². The molecule has 2 nitrogen and oxygen atoms in total. The zero-order chi connectivity index (χ0) is 11.4. The lowest BCUT2D eigenvalue weighted by atomic mass is 9.92. The number of hydrogen-bond acceptors (Lipinski definition) is 2. The van der Waals surface area contributed by atoms with Gasteiger partial charge in [0.15, 0.2) is 11.6 Å². The Morgan fingerprint density at radius 2 is 2.29 bits per heavy atom. The topological polar surface area (TPSA) is 21.3 Å². The number of hydrogen-bond donors (Lipinski definition) is 1. The maximum atomic E-state index is 13.5. The number of rotatable bonds is 3. The van der Waals surface area contributed by atoms with Crippen LogP contribution in [0.5, 0.6) is 5.75 Å². The predicted molar refractivity (Wildman–Crippen MR) is 69.5 cm³/mol. The molecule has 1 atom stereocenters. The van der Waals surface area contributed by atoms with E-state index in [9.17, 15) is 4.39 Å². The Kier molecular flexibility index (Phi) is 5.72. The van der Waals surface area contributed by atoms with Gasteiger partial charge in [0.1, 0.15) is 0 Å². The van der Waals surface area contributed by atoms with Gasteiger partial charge in [0.2, 0.25) is 0 Å². The molecule has 0 aliphatic carbocycles. The van der Waals surface area contributed by atoms with Gasteiger partial charge in [-0.1, -0.05) is 6.07 Å². The van der Waals surface area contributed by atoms with Gasteiger partial charge in [-0.15, -0.1) is 12.4 Å². The monoisotopic (exact) mass is 259 g/mol. The van der Waals surface area contributed by atoms with Crippen LogP contribution in [-0.4, -0.2) is 20.2 Å². The van der Waals surface area contributed by atoms with Crippen molar-refractivity contribution in [2.45, 2.75) is 19.3 Å². The van der Waals surface area contributed by atoms with Gasteiger partial charge in [-0.2, -0.15) is 0 Å². The minimum absolute atomic E-state index is 0. The molecule has 1 fully saturated rings. The molecular formula is C13H19ClFNO. The lowest BCUT2D eigenvalue weighted by molar-refractivity contribution is 0.372. The minimum Gasteiger partial charge on any atom is -0.494 e. The quantitative estimate of drug-likeness (QED) is 0.901. The highest BCUT2D eigenvalue weighted by Gasteiger charge is 2.14. The summed E-state index contributed by atoms with van der Waals surface area (Å²) < 4.78 is 18.4. The van der Waals surface area contributed by atoms with Gasteiger partial charge in [0.25, 0.3) is 0 Å². The molecule has 1 saturated heterocycles. The van der Waals surface area contributed by atoms with Crippen LogP contribution >= 0.6 is 12.4 Å². The molecule has 0 amide bonds. The van der Waals surface area contributed by atoms with Crippen LogP contribution in [0, 0.1) is 11.7 Å². The Balaban J connectivity index is 0.00000144. The van der Waals surface area contributed by atoms with Crippen molar-refractivity contribution in [2.24, 2.45) is 5.92 Å². The smallest absolute Gasteiger partial charge is 0.165 e. The van der Waals surface area contributed by atoms with E-state index in [0.29, 0.717) is 11.7 Å². The summed E-state index contributed by atoms with van der Waals surface area (Å²) in [6.07, 6.45) is 3.41. The number of methoxy groups -OCH3 is 1. The normalized spacial score (nSPS) is 19.5. The molecule has 0 saturated carbocycles. The number of halogens is 2. The molecule has 1 heterocycles. The first-order valence-corrected chi connectivity index (χ1v) is 5.82. The molecule has 17 heavy (non-hydrogen) atoms. The Morgan fingerprint density at radius 1 is 1.47 bits per heavy atom. The Bertz CT molecular complexity index is 353. The third-order valence-corrected chi connectivity index (χ3v) is 3.14. The van der Waals surface area contributed by atoms with E-state index in [1.54, 1.807) is 12.1 Å². The first-order valence-electron chi connectivity index (χ1n) is 5.82. The van der Waals surface area contributed by atoms with Crippen LogP contribution < -0.4 is 10.1 Å². The molecule has 1 aromatic rings.